The van der Waals surface area contributed by atoms with E-state index < -0.39 is 0 Å². The van der Waals surface area contributed by atoms with Gasteiger partial charge in [-0.25, -0.2) is 0 Å². The van der Waals surface area contributed by atoms with Crippen LogP contribution in [0.1, 0.15) is 72.6 Å². The average molecular weight is 364 g/mol. The standard InChI is InChI=1S/C24H29NO2/c1-3-5-6-7-11-23-24(20-12-13-20)22(25-27-23)15-14-21(26)17-19-10-8-9-18(4-2)16-19/h3-4,8-10,16,20H,1-2,5-7,11-15,17H2. The van der Waals surface area contributed by atoms with E-state index in [4.69, 9.17) is 4.52 Å². The fraction of sp³-hybridized carbons (Fsp3) is 0.417. The van der Waals surface area contributed by atoms with Crippen molar-refractivity contribution in [2.45, 2.75) is 63.7 Å². The molecule has 1 heterocycles. The normalized spacial score (nSPS) is 13.5. The number of aromatic nitrogens is 1. The Bertz CT molecular complexity index is 798. The molecule has 3 rings (SSSR count). The van der Waals surface area contributed by atoms with Crippen molar-refractivity contribution in [3.05, 3.63) is 71.6 Å². The number of hydrogen-bond acceptors (Lipinski definition) is 3. The van der Waals surface area contributed by atoms with Gasteiger partial charge < -0.3 is 4.52 Å². The molecule has 3 heteroatoms. The maximum atomic E-state index is 12.4. The second-order valence-corrected chi connectivity index (χ2v) is 7.44. The molecule has 0 amide bonds. The number of Topliss-reactive ketones (excluding diaryl/α,β-unsaturated/α-hetero) is 1. The number of hydrogen-bond donors (Lipinski definition) is 0. The third kappa shape index (κ3) is 5.53. The van der Waals surface area contributed by atoms with Gasteiger partial charge in [-0.05, 0) is 49.1 Å². The molecule has 0 bridgehead atoms. The fourth-order valence-electron chi connectivity index (χ4n) is 3.54. The zero-order valence-corrected chi connectivity index (χ0v) is 16.1. The zero-order chi connectivity index (χ0) is 19.1. The van der Waals surface area contributed by atoms with Gasteiger partial charge in [-0.2, -0.15) is 0 Å². The van der Waals surface area contributed by atoms with Gasteiger partial charge in [0.15, 0.2) is 0 Å². The molecule has 2 aromatic rings. The van der Waals surface area contributed by atoms with Gasteiger partial charge in [-0.3, -0.25) is 4.79 Å². The van der Waals surface area contributed by atoms with E-state index in [9.17, 15) is 4.79 Å². The summed E-state index contributed by atoms with van der Waals surface area (Å²) >= 11 is 0. The highest BCUT2D eigenvalue weighted by molar-refractivity contribution is 5.81. The summed E-state index contributed by atoms with van der Waals surface area (Å²) in [7, 11) is 0. The summed E-state index contributed by atoms with van der Waals surface area (Å²) in [5, 5.41) is 4.32. The number of unbranched alkanes of at least 4 members (excludes halogenated alkanes) is 2. The van der Waals surface area contributed by atoms with Crippen LogP contribution in [-0.4, -0.2) is 10.9 Å². The maximum Gasteiger partial charge on any atom is 0.140 e. The third-order valence-corrected chi connectivity index (χ3v) is 5.15. The average Bonchev–Trinajstić information content (AvgIpc) is 3.44. The molecule has 1 aliphatic rings. The van der Waals surface area contributed by atoms with E-state index in [2.05, 4.69) is 18.3 Å². The van der Waals surface area contributed by atoms with Crippen LogP contribution in [0.25, 0.3) is 6.08 Å². The minimum Gasteiger partial charge on any atom is -0.361 e. The number of allylic oxidation sites excluding steroid dienone is 1. The molecule has 0 radical (unpaired) electrons. The van der Waals surface area contributed by atoms with E-state index in [1.165, 1.54) is 18.4 Å². The minimum absolute atomic E-state index is 0.244. The van der Waals surface area contributed by atoms with E-state index >= 15 is 0 Å². The second-order valence-electron chi connectivity index (χ2n) is 7.44. The van der Waals surface area contributed by atoms with Crippen LogP contribution in [-0.2, 0) is 24.1 Å². The van der Waals surface area contributed by atoms with Crippen LogP contribution in [0.2, 0.25) is 0 Å². The van der Waals surface area contributed by atoms with Crippen molar-refractivity contribution in [3.63, 3.8) is 0 Å². The first-order valence-electron chi connectivity index (χ1n) is 10.0. The van der Waals surface area contributed by atoms with Crippen molar-refractivity contribution in [3.8, 4) is 0 Å². The summed E-state index contributed by atoms with van der Waals surface area (Å²) < 4.78 is 5.66. The fourth-order valence-corrected chi connectivity index (χ4v) is 3.54. The minimum atomic E-state index is 0.244. The Morgan fingerprint density at radius 2 is 2.07 bits per heavy atom. The topological polar surface area (TPSA) is 43.1 Å². The van der Waals surface area contributed by atoms with Crippen LogP contribution < -0.4 is 0 Å². The van der Waals surface area contributed by atoms with Gasteiger partial charge in [0.05, 0.1) is 5.69 Å². The van der Waals surface area contributed by atoms with Crippen molar-refractivity contribution in [2.24, 2.45) is 0 Å². The molecule has 0 spiro atoms. The van der Waals surface area contributed by atoms with Crippen molar-refractivity contribution < 1.29 is 9.32 Å². The first-order chi connectivity index (χ1) is 13.2. The second kappa shape index (κ2) is 9.50. The Labute approximate surface area is 162 Å². The molecule has 0 atom stereocenters. The highest BCUT2D eigenvalue weighted by atomic mass is 16.5. The maximum absolute atomic E-state index is 12.4. The van der Waals surface area contributed by atoms with E-state index in [1.807, 2.05) is 36.4 Å². The number of carbonyl (C=O) groups is 1. The number of ketones is 1. The lowest BCUT2D eigenvalue weighted by Crippen LogP contribution is -2.06. The molecule has 27 heavy (non-hydrogen) atoms. The van der Waals surface area contributed by atoms with Gasteiger partial charge in [-0.1, -0.05) is 48.2 Å². The van der Waals surface area contributed by atoms with Crippen molar-refractivity contribution >= 4 is 11.9 Å². The summed E-state index contributed by atoms with van der Waals surface area (Å²) in [6, 6.07) is 7.99. The Morgan fingerprint density at radius 1 is 1.22 bits per heavy atom. The van der Waals surface area contributed by atoms with Crippen LogP contribution in [0.4, 0.5) is 0 Å². The lowest BCUT2D eigenvalue weighted by atomic mass is 9.99. The largest absolute Gasteiger partial charge is 0.361 e. The molecule has 1 fully saturated rings. The van der Waals surface area contributed by atoms with Crippen molar-refractivity contribution in [2.75, 3.05) is 0 Å². The Morgan fingerprint density at radius 3 is 2.81 bits per heavy atom. The van der Waals surface area contributed by atoms with Gasteiger partial charge in [0.1, 0.15) is 11.5 Å². The quantitative estimate of drug-likeness (QED) is 0.351. The zero-order valence-electron chi connectivity index (χ0n) is 16.1. The smallest absolute Gasteiger partial charge is 0.140 e. The molecular formula is C24H29NO2. The van der Waals surface area contributed by atoms with Gasteiger partial charge in [0.2, 0.25) is 0 Å². The Hall–Kier alpha value is -2.42. The molecule has 142 valence electrons. The summed E-state index contributed by atoms with van der Waals surface area (Å²) in [5.41, 5.74) is 4.40. The first kappa shape index (κ1) is 19.3. The van der Waals surface area contributed by atoms with Crippen molar-refractivity contribution in [1.29, 1.82) is 0 Å². The number of carbonyl (C=O) groups excluding carboxylic acids is 1. The lowest BCUT2D eigenvalue weighted by Gasteiger charge is -2.04. The summed E-state index contributed by atoms with van der Waals surface area (Å²) in [6.45, 7) is 7.56. The highest BCUT2D eigenvalue weighted by Gasteiger charge is 2.32. The number of benzene rings is 1. The predicted molar refractivity (Wildman–Crippen MR) is 110 cm³/mol. The summed E-state index contributed by atoms with van der Waals surface area (Å²) in [4.78, 5) is 12.4. The van der Waals surface area contributed by atoms with E-state index in [0.29, 0.717) is 25.2 Å². The van der Waals surface area contributed by atoms with Gasteiger partial charge in [0, 0.05) is 31.2 Å². The molecule has 1 aromatic carbocycles. The van der Waals surface area contributed by atoms with Gasteiger partial charge >= 0.3 is 0 Å². The lowest BCUT2D eigenvalue weighted by molar-refractivity contribution is -0.118. The van der Waals surface area contributed by atoms with Crippen LogP contribution in [0.3, 0.4) is 0 Å². The molecule has 3 nitrogen and oxygen atoms in total. The van der Waals surface area contributed by atoms with Gasteiger partial charge in [-0.15, -0.1) is 6.58 Å². The molecule has 0 saturated heterocycles. The van der Waals surface area contributed by atoms with E-state index in [1.54, 1.807) is 0 Å². The number of rotatable bonds is 12. The summed E-state index contributed by atoms with van der Waals surface area (Å²) in [5.74, 6) is 1.89. The van der Waals surface area contributed by atoms with Crippen LogP contribution in [0.15, 0.2) is 48.0 Å². The van der Waals surface area contributed by atoms with Gasteiger partial charge in [0.25, 0.3) is 0 Å². The molecule has 1 saturated carbocycles. The summed E-state index contributed by atoms with van der Waals surface area (Å²) in [6.07, 6.45) is 12.1. The molecule has 0 aliphatic heterocycles. The molecule has 1 aromatic heterocycles. The molecule has 0 N–H and O–H groups in total. The predicted octanol–water partition coefficient (Wildman–Crippen LogP) is 5.84. The van der Waals surface area contributed by atoms with Crippen LogP contribution >= 0.6 is 0 Å². The number of aryl methyl sites for hydroxylation is 2. The molecule has 0 unspecified atom stereocenters. The number of nitrogens with zero attached hydrogens (tertiary/aromatic N) is 1. The SMILES string of the molecule is C=CCCCCc1onc(CCC(=O)Cc2cccc(C=C)c2)c1C1CC1. The van der Waals surface area contributed by atoms with Crippen LogP contribution in [0.5, 0.6) is 0 Å². The van der Waals surface area contributed by atoms with E-state index in [-0.39, 0.29) is 5.78 Å². The van der Waals surface area contributed by atoms with E-state index in [0.717, 1.165) is 48.3 Å². The first-order valence-corrected chi connectivity index (χ1v) is 10.0. The Balaban J connectivity index is 1.56. The van der Waals surface area contributed by atoms with Crippen LogP contribution in [0, 0.1) is 0 Å². The highest BCUT2D eigenvalue weighted by Crippen LogP contribution is 2.44. The third-order valence-electron chi connectivity index (χ3n) is 5.15. The van der Waals surface area contributed by atoms with Crippen molar-refractivity contribution in [1.82, 2.24) is 5.16 Å². The monoisotopic (exact) mass is 363 g/mol. The molecular weight excluding hydrogens is 334 g/mol. The molecule has 1 aliphatic carbocycles. The Kier molecular flexibility index (Phi) is 6.80.